The smallest absolute Gasteiger partial charge is 0.130 e. The monoisotopic (exact) mass is 428 g/mol. The number of ether oxygens (including phenoxy) is 2. The Labute approximate surface area is 194 Å². The molecule has 0 bridgehead atoms. The van der Waals surface area contributed by atoms with Gasteiger partial charge in [-0.15, -0.1) is 0 Å². The van der Waals surface area contributed by atoms with Crippen LogP contribution in [0.3, 0.4) is 0 Å². The van der Waals surface area contributed by atoms with Gasteiger partial charge in [-0.2, -0.15) is 0 Å². The summed E-state index contributed by atoms with van der Waals surface area (Å²) in [6, 6.07) is 42.8. The van der Waals surface area contributed by atoms with E-state index in [2.05, 4.69) is 48.5 Å². The van der Waals surface area contributed by atoms with Gasteiger partial charge in [0.05, 0.1) is 0 Å². The summed E-state index contributed by atoms with van der Waals surface area (Å²) in [5.74, 6) is 3.21. The molecule has 0 aliphatic heterocycles. The van der Waals surface area contributed by atoms with Gasteiger partial charge >= 0.3 is 0 Å². The Balaban J connectivity index is 1.26. The minimum atomic E-state index is 0.784. The molecule has 5 aromatic carbocycles. The maximum absolute atomic E-state index is 6.11. The van der Waals surface area contributed by atoms with Gasteiger partial charge in [0.2, 0.25) is 0 Å². The Hall–Kier alpha value is -4.30. The maximum Gasteiger partial charge on any atom is 0.130 e. The van der Waals surface area contributed by atoms with Crippen LogP contribution in [0.4, 0.5) is 0 Å². The predicted molar refractivity (Wildman–Crippen MR) is 135 cm³/mol. The summed E-state index contributed by atoms with van der Waals surface area (Å²) >= 11 is 0. The number of aryl methyl sites for hydroxylation is 1. The SMILES string of the molecule is Cc1cc(Oc2ccc(-c3ccccc3)cc2)ccc1Oc1ccc(-c2ccccc2)cc1. The van der Waals surface area contributed by atoms with Crippen LogP contribution < -0.4 is 9.47 Å². The lowest BCUT2D eigenvalue weighted by Crippen LogP contribution is -1.90. The molecule has 0 unspecified atom stereocenters. The van der Waals surface area contributed by atoms with Crippen LogP contribution in [0.5, 0.6) is 23.0 Å². The van der Waals surface area contributed by atoms with Crippen LogP contribution in [0, 0.1) is 6.92 Å². The van der Waals surface area contributed by atoms with Crippen LogP contribution in [-0.4, -0.2) is 0 Å². The average molecular weight is 429 g/mol. The zero-order valence-corrected chi connectivity index (χ0v) is 18.4. The normalized spacial score (nSPS) is 10.6. The Kier molecular flexibility index (Phi) is 5.90. The van der Waals surface area contributed by atoms with Gasteiger partial charge in [-0.25, -0.2) is 0 Å². The second-order valence-corrected chi connectivity index (χ2v) is 7.91. The molecule has 0 aliphatic carbocycles. The fourth-order valence-electron chi connectivity index (χ4n) is 3.76. The van der Waals surface area contributed by atoms with Crippen molar-refractivity contribution in [2.75, 3.05) is 0 Å². The molecule has 2 heteroatoms. The fraction of sp³-hybridized carbons (Fsp3) is 0.0323. The molecule has 0 amide bonds. The zero-order chi connectivity index (χ0) is 22.5. The fourth-order valence-corrected chi connectivity index (χ4v) is 3.76. The highest BCUT2D eigenvalue weighted by Gasteiger charge is 2.06. The second-order valence-electron chi connectivity index (χ2n) is 7.91. The summed E-state index contributed by atoms with van der Waals surface area (Å²) in [5.41, 5.74) is 5.74. The van der Waals surface area contributed by atoms with Crippen molar-refractivity contribution in [1.82, 2.24) is 0 Å². The van der Waals surface area contributed by atoms with E-state index < -0.39 is 0 Å². The van der Waals surface area contributed by atoms with Crippen molar-refractivity contribution in [1.29, 1.82) is 0 Å². The molecule has 0 atom stereocenters. The van der Waals surface area contributed by atoms with E-state index in [1.807, 2.05) is 85.8 Å². The third kappa shape index (κ3) is 4.97. The van der Waals surface area contributed by atoms with Crippen LogP contribution in [0.1, 0.15) is 5.56 Å². The van der Waals surface area contributed by atoms with Crippen molar-refractivity contribution >= 4 is 0 Å². The summed E-state index contributed by atoms with van der Waals surface area (Å²) in [4.78, 5) is 0. The first kappa shape index (κ1) is 20.6. The first-order chi connectivity index (χ1) is 16.2. The molecule has 0 saturated heterocycles. The summed E-state index contributed by atoms with van der Waals surface area (Å²) in [6.07, 6.45) is 0. The Morgan fingerprint density at radius 1 is 0.394 bits per heavy atom. The Morgan fingerprint density at radius 2 is 0.818 bits per heavy atom. The third-order valence-electron chi connectivity index (χ3n) is 5.53. The molecule has 0 aliphatic rings. The highest BCUT2D eigenvalue weighted by atomic mass is 16.5. The Morgan fingerprint density at radius 3 is 1.30 bits per heavy atom. The van der Waals surface area contributed by atoms with E-state index in [0.29, 0.717) is 0 Å². The number of hydrogen-bond acceptors (Lipinski definition) is 2. The lowest BCUT2D eigenvalue weighted by atomic mass is 10.1. The summed E-state index contributed by atoms with van der Waals surface area (Å²) in [5, 5.41) is 0. The minimum absolute atomic E-state index is 0.784. The van der Waals surface area contributed by atoms with E-state index in [4.69, 9.17) is 9.47 Å². The molecule has 160 valence electrons. The molecular formula is C31H24O2. The van der Waals surface area contributed by atoms with Crippen LogP contribution in [0.25, 0.3) is 22.3 Å². The van der Waals surface area contributed by atoms with Gasteiger partial charge in [-0.05, 0) is 77.2 Å². The van der Waals surface area contributed by atoms with Crippen molar-refractivity contribution in [2.24, 2.45) is 0 Å². The van der Waals surface area contributed by atoms with Gasteiger partial charge in [-0.1, -0.05) is 84.9 Å². The molecule has 0 spiro atoms. The van der Waals surface area contributed by atoms with Crippen molar-refractivity contribution in [3.63, 3.8) is 0 Å². The van der Waals surface area contributed by atoms with Gasteiger partial charge < -0.3 is 9.47 Å². The number of benzene rings is 5. The first-order valence-corrected chi connectivity index (χ1v) is 11.0. The van der Waals surface area contributed by atoms with E-state index >= 15 is 0 Å². The lowest BCUT2D eigenvalue weighted by Gasteiger charge is -2.12. The number of hydrogen-bond donors (Lipinski definition) is 0. The van der Waals surface area contributed by atoms with Gasteiger partial charge in [0.15, 0.2) is 0 Å². The molecule has 5 aromatic rings. The highest BCUT2D eigenvalue weighted by Crippen LogP contribution is 2.32. The van der Waals surface area contributed by atoms with Crippen LogP contribution in [-0.2, 0) is 0 Å². The van der Waals surface area contributed by atoms with Crippen molar-refractivity contribution in [2.45, 2.75) is 6.92 Å². The molecule has 0 saturated carbocycles. The first-order valence-electron chi connectivity index (χ1n) is 11.0. The van der Waals surface area contributed by atoms with E-state index in [1.54, 1.807) is 0 Å². The van der Waals surface area contributed by atoms with Crippen molar-refractivity contribution < 1.29 is 9.47 Å². The molecule has 5 rings (SSSR count). The predicted octanol–water partition coefficient (Wildman–Crippen LogP) is 8.91. The van der Waals surface area contributed by atoms with Crippen LogP contribution in [0.15, 0.2) is 127 Å². The standard InChI is InChI=1S/C31H24O2/c1-23-22-30(32-28-16-12-26(13-17-28)24-8-4-2-5-9-24)20-21-31(23)33-29-18-14-27(15-19-29)25-10-6-3-7-11-25/h2-22H,1H3. The summed E-state index contributed by atoms with van der Waals surface area (Å²) < 4.78 is 12.2. The number of rotatable bonds is 6. The summed E-state index contributed by atoms with van der Waals surface area (Å²) in [7, 11) is 0. The molecule has 0 N–H and O–H groups in total. The average Bonchev–Trinajstić information content (AvgIpc) is 2.88. The second kappa shape index (κ2) is 9.46. The molecule has 33 heavy (non-hydrogen) atoms. The molecule has 0 heterocycles. The van der Waals surface area contributed by atoms with Gasteiger partial charge in [-0.3, -0.25) is 0 Å². The summed E-state index contributed by atoms with van der Waals surface area (Å²) in [6.45, 7) is 2.03. The van der Waals surface area contributed by atoms with E-state index in [-0.39, 0.29) is 0 Å². The van der Waals surface area contributed by atoms with E-state index in [9.17, 15) is 0 Å². The third-order valence-corrected chi connectivity index (χ3v) is 5.53. The lowest BCUT2D eigenvalue weighted by molar-refractivity contribution is 0.466. The molecule has 0 radical (unpaired) electrons. The quantitative estimate of drug-likeness (QED) is 0.269. The minimum Gasteiger partial charge on any atom is -0.457 e. The van der Waals surface area contributed by atoms with E-state index in [0.717, 1.165) is 28.6 Å². The highest BCUT2D eigenvalue weighted by molar-refractivity contribution is 5.65. The van der Waals surface area contributed by atoms with Crippen LogP contribution >= 0.6 is 0 Å². The zero-order valence-electron chi connectivity index (χ0n) is 18.4. The van der Waals surface area contributed by atoms with Crippen LogP contribution in [0.2, 0.25) is 0 Å². The molecule has 0 aromatic heterocycles. The van der Waals surface area contributed by atoms with Gasteiger partial charge in [0.1, 0.15) is 23.0 Å². The molecule has 2 nitrogen and oxygen atoms in total. The van der Waals surface area contributed by atoms with Crippen molar-refractivity contribution in [3.8, 4) is 45.3 Å². The largest absolute Gasteiger partial charge is 0.457 e. The maximum atomic E-state index is 6.11. The molecule has 0 fully saturated rings. The Bertz CT molecular complexity index is 1320. The van der Waals surface area contributed by atoms with E-state index in [1.165, 1.54) is 22.3 Å². The topological polar surface area (TPSA) is 18.5 Å². The molecular weight excluding hydrogens is 404 g/mol. The van der Waals surface area contributed by atoms with Gasteiger partial charge in [0.25, 0.3) is 0 Å². The van der Waals surface area contributed by atoms with Crippen molar-refractivity contribution in [3.05, 3.63) is 133 Å². The van der Waals surface area contributed by atoms with Gasteiger partial charge in [0, 0.05) is 0 Å².